The SMILES string of the molecule is COc1ccc(Cl)cc1NC(=O)[C@@H](C)Nc1ccc(N2CCCCC2)cc1. The van der Waals surface area contributed by atoms with Gasteiger partial charge in [0.05, 0.1) is 12.8 Å². The molecule has 1 aliphatic heterocycles. The highest BCUT2D eigenvalue weighted by Crippen LogP contribution is 2.28. The summed E-state index contributed by atoms with van der Waals surface area (Å²) in [5.41, 5.74) is 2.71. The number of hydrogen-bond acceptors (Lipinski definition) is 4. The second-order valence-corrected chi connectivity index (χ2v) is 7.23. The number of piperidine rings is 1. The van der Waals surface area contributed by atoms with Crippen LogP contribution in [0, 0.1) is 0 Å². The van der Waals surface area contributed by atoms with Crippen molar-refractivity contribution in [3.05, 3.63) is 47.5 Å². The Kier molecular flexibility index (Phi) is 6.45. The third-order valence-corrected chi connectivity index (χ3v) is 5.02. The Morgan fingerprint density at radius 2 is 1.81 bits per heavy atom. The lowest BCUT2D eigenvalue weighted by Gasteiger charge is -2.29. The maximum Gasteiger partial charge on any atom is 0.246 e. The van der Waals surface area contributed by atoms with Gasteiger partial charge in [-0.1, -0.05) is 11.6 Å². The summed E-state index contributed by atoms with van der Waals surface area (Å²) >= 11 is 6.02. The molecule has 1 saturated heterocycles. The zero-order valence-corrected chi connectivity index (χ0v) is 16.6. The largest absolute Gasteiger partial charge is 0.495 e. The third-order valence-electron chi connectivity index (χ3n) is 4.78. The maximum absolute atomic E-state index is 12.5. The Hall–Kier alpha value is -2.40. The van der Waals surface area contributed by atoms with Gasteiger partial charge in [0.25, 0.3) is 0 Å². The van der Waals surface area contributed by atoms with Crippen molar-refractivity contribution in [2.24, 2.45) is 0 Å². The Bertz CT molecular complexity index is 773. The molecule has 0 saturated carbocycles. The number of benzene rings is 2. The van der Waals surface area contributed by atoms with Gasteiger partial charge in [0.2, 0.25) is 5.91 Å². The zero-order chi connectivity index (χ0) is 19.2. The first-order chi connectivity index (χ1) is 13.1. The monoisotopic (exact) mass is 387 g/mol. The van der Waals surface area contributed by atoms with Crippen molar-refractivity contribution in [1.82, 2.24) is 0 Å². The number of methoxy groups -OCH3 is 1. The van der Waals surface area contributed by atoms with Gasteiger partial charge in [-0.25, -0.2) is 0 Å². The lowest BCUT2D eigenvalue weighted by Crippen LogP contribution is -2.32. The number of ether oxygens (including phenoxy) is 1. The molecule has 5 nitrogen and oxygen atoms in total. The van der Waals surface area contributed by atoms with Gasteiger partial charge in [-0.15, -0.1) is 0 Å². The summed E-state index contributed by atoms with van der Waals surface area (Å²) in [5.74, 6) is 0.418. The van der Waals surface area contributed by atoms with E-state index in [-0.39, 0.29) is 5.91 Å². The van der Waals surface area contributed by atoms with Crippen molar-refractivity contribution >= 4 is 34.6 Å². The van der Waals surface area contributed by atoms with Gasteiger partial charge in [0.1, 0.15) is 11.8 Å². The fraction of sp³-hybridized carbons (Fsp3) is 0.381. The average molecular weight is 388 g/mol. The first kappa shape index (κ1) is 19.4. The lowest BCUT2D eigenvalue weighted by atomic mass is 10.1. The number of carbonyl (C=O) groups is 1. The summed E-state index contributed by atoms with van der Waals surface area (Å²) in [6.07, 6.45) is 3.83. The molecule has 1 heterocycles. The number of nitrogens with one attached hydrogen (secondary N) is 2. The second-order valence-electron chi connectivity index (χ2n) is 6.79. The summed E-state index contributed by atoms with van der Waals surface area (Å²) in [4.78, 5) is 14.9. The number of halogens is 1. The lowest BCUT2D eigenvalue weighted by molar-refractivity contribution is -0.116. The van der Waals surface area contributed by atoms with Crippen LogP contribution in [0.3, 0.4) is 0 Å². The van der Waals surface area contributed by atoms with Crippen molar-refractivity contribution in [2.45, 2.75) is 32.2 Å². The van der Waals surface area contributed by atoms with Crippen molar-refractivity contribution in [3.63, 3.8) is 0 Å². The van der Waals surface area contributed by atoms with Gasteiger partial charge in [-0.2, -0.15) is 0 Å². The minimum Gasteiger partial charge on any atom is -0.495 e. The van der Waals surface area contributed by atoms with Gasteiger partial charge in [-0.3, -0.25) is 4.79 Å². The fourth-order valence-corrected chi connectivity index (χ4v) is 3.43. The molecule has 3 rings (SSSR count). The molecular formula is C21H26ClN3O2. The number of rotatable bonds is 6. The van der Waals surface area contributed by atoms with Crippen LogP contribution in [-0.2, 0) is 4.79 Å². The molecule has 144 valence electrons. The van der Waals surface area contributed by atoms with Gasteiger partial charge in [-0.05, 0) is 68.7 Å². The van der Waals surface area contributed by atoms with Crippen LogP contribution < -0.4 is 20.3 Å². The fourth-order valence-electron chi connectivity index (χ4n) is 3.25. The van der Waals surface area contributed by atoms with E-state index in [0.717, 1.165) is 18.8 Å². The van der Waals surface area contributed by atoms with Crippen LogP contribution in [0.15, 0.2) is 42.5 Å². The molecule has 2 aromatic carbocycles. The predicted octanol–water partition coefficient (Wildman–Crippen LogP) is 4.78. The van der Waals surface area contributed by atoms with Crippen LogP contribution in [0.1, 0.15) is 26.2 Å². The normalized spacial score (nSPS) is 15.1. The first-order valence-corrected chi connectivity index (χ1v) is 9.70. The van der Waals surface area contributed by atoms with E-state index >= 15 is 0 Å². The van der Waals surface area contributed by atoms with Gasteiger partial charge < -0.3 is 20.3 Å². The Labute approximate surface area is 165 Å². The van der Waals surface area contributed by atoms with Gasteiger partial charge in [0.15, 0.2) is 0 Å². The average Bonchev–Trinajstić information content (AvgIpc) is 2.69. The van der Waals surface area contributed by atoms with E-state index in [4.69, 9.17) is 16.3 Å². The quantitative estimate of drug-likeness (QED) is 0.749. The van der Waals surface area contributed by atoms with Crippen molar-refractivity contribution in [2.75, 3.05) is 35.7 Å². The van der Waals surface area contributed by atoms with Crippen LogP contribution >= 0.6 is 11.6 Å². The van der Waals surface area contributed by atoms with Crippen LogP contribution in [0.2, 0.25) is 5.02 Å². The van der Waals surface area contributed by atoms with Crippen LogP contribution in [0.25, 0.3) is 0 Å². The van der Waals surface area contributed by atoms with E-state index in [1.54, 1.807) is 25.3 Å². The van der Waals surface area contributed by atoms with Crippen LogP contribution in [0.4, 0.5) is 17.1 Å². The molecule has 1 atom stereocenters. The molecule has 0 spiro atoms. The second kappa shape index (κ2) is 9.00. The van der Waals surface area contributed by atoms with Crippen molar-refractivity contribution < 1.29 is 9.53 Å². The number of nitrogens with zero attached hydrogens (tertiary/aromatic N) is 1. The van der Waals surface area contributed by atoms with Crippen LogP contribution in [0.5, 0.6) is 5.75 Å². The van der Waals surface area contributed by atoms with E-state index in [2.05, 4.69) is 27.7 Å². The summed E-state index contributed by atoms with van der Waals surface area (Å²) in [7, 11) is 1.56. The Balaban J connectivity index is 1.60. The van der Waals surface area contributed by atoms with Crippen LogP contribution in [-0.4, -0.2) is 32.1 Å². The molecule has 2 aromatic rings. The molecule has 1 fully saturated rings. The molecule has 0 aromatic heterocycles. The number of amides is 1. The molecule has 0 radical (unpaired) electrons. The molecule has 27 heavy (non-hydrogen) atoms. The minimum atomic E-state index is -0.408. The maximum atomic E-state index is 12.5. The first-order valence-electron chi connectivity index (χ1n) is 9.33. The molecule has 1 amide bonds. The highest BCUT2D eigenvalue weighted by molar-refractivity contribution is 6.31. The summed E-state index contributed by atoms with van der Waals surface area (Å²) < 4.78 is 5.27. The predicted molar refractivity (Wildman–Crippen MR) is 112 cm³/mol. The summed E-state index contributed by atoms with van der Waals surface area (Å²) in [5, 5.41) is 6.65. The van der Waals surface area contributed by atoms with Gasteiger partial charge >= 0.3 is 0 Å². The van der Waals surface area contributed by atoms with E-state index in [9.17, 15) is 4.79 Å². The van der Waals surface area contributed by atoms with E-state index in [1.807, 2.05) is 19.1 Å². The minimum absolute atomic E-state index is 0.157. The molecule has 0 unspecified atom stereocenters. The smallest absolute Gasteiger partial charge is 0.246 e. The topological polar surface area (TPSA) is 53.6 Å². The summed E-state index contributed by atoms with van der Waals surface area (Å²) in [6, 6.07) is 13.0. The molecular weight excluding hydrogens is 362 g/mol. The molecule has 0 bridgehead atoms. The molecule has 2 N–H and O–H groups in total. The number of carbonyl (C=O) groups excluding carboxylic acids is 1. The van der Waals surface area contributed by atoms with Crippen molar-refractivity contribution in [3.8, 4) is 5.75 Å². The highest BCUT2D eigenvalue weighted by atomic mass is 35.5. The Morgan fingerprint density at radius 1 is 1.11 bits per heavy atom. The number of anilines is 3. The summed E-state index contributed by atoms with van der Waals surface area (Å²) in [6.45, 7) is 4.06. The van der Waals surface area contributed by atoms with Gasteiger partial charge in [0, 0.05) is 29.5 Å². The zero-order valence-electron chi connectivity index (χ0n) is 15.8. The van der Waals surface area contributed by atoms with E-state index in [1.165, 1.54) is 24.9 Å². The number of hydrogen-bond donors (Lipinski definition) is 2. The van der Waals surface area contributed by atoms with Crippen molar-refractivity contribution in [1.29, 1.82) is 0 Å². The van der Waals surface area contributed by atoms with E-state index in [0.29, 0.717) is 16.5 Å². The molecule has 6 heteroatoms. The molecule has 1 aliphatic rings. The van der Waals surface area contributed by atoms with E-state index < -0.39 is 6.04 Å². The standard InChI is InChI=1S/C21H26ClN3O2/c1-15(21(26)24-19-14-16(22)6-11-20(19)27-2)23-17-7-9-18(10-8-17)25-12-4-3-5-13-25/h6-11,14-15,23H,3-5,12-13H2,1-2H3,(H,24,26)/t15-/m1/s1. The third kappa shape index (κ3) is 5.07. The Morgan fingerprint density at radius 3 is 2.48 bits per heavy atom. The molecule has 0 aliphatic carbocycles. The highest BCUT2D eigenvalue weighted by Gasteiger charge is 2.16.